The molecule has 0 saturated carbocycles. The Bertz CT molecular complexity index is 158. The molecule has 0 amide bonds. The molecule has 0 aliphatic heterocycles. The molecule has 0 aliphatic carbocycles. The second kappa shape index (κ2) is 5.94. The van der Waals surface area contributed by atoms with E-state index in [1.54, 1.807) is 21.0 Å². The van der Waals surface area contributed by atoms with E-state index in [9.17, 15) is 4.79 Å². The average Bonchev–Trinajstić information content (AvgIpc) is 2.12. The fraction of sp³-hybridized carbons (Fsp3) is 0.889. The Kier molecular flexibility index (Phi) is 5.66. The average molecular weight is 190 g/mol. The lowest BCUT2D eigenvalue weighted by atomic mass is 10.0. The molecular formula is C9H18O4. The largest absolute Gasteiger partial charge is 0.479 e. The summed E-state index contributed by atoms with van der Waals surface area (Å²) in [6.07, 6.45) is 1.19. The van der Waals surface area contributed by atoms with Gasteiger partial charge in [0, 0.05) is 13.7 Å². The zero-order chi connectivity index (χ0) is 10.3. The lowest BCUT2D eigenvalue weighted by Gasteiger charge is -2.23. The molecule has 0 spiro atoms. The van der Waals surface area contributed by atoms with Crippen LogP contribution in [0.2, 0.25) is 0 Å². The molecule has 4 nitrogen and oxygen atoms in total. The van der Waals surface area contributed by atoms with Crippen LogP contribution in [0.3, 0.4) is 0 Å². The fourth-order valence-electron chi connectivity index (χ4n) is 0.816. The summed E-state index contributed by atoms with van der Waals surface area (Å²) in [4.78, 5) is 10.8. The van der Waals surface area contributed by atoms with Gasteiger partial charge in [-0.15, -0.1) is 0 Å². The highest BCUT2D eigenvalue weighted by molar-refractivity contribution is 5.76. The van der Waals surface area contributed by atoms with E-state index in [0.717, 1.165) is 6.42 Å². The maximum absolute atomic E-state index is 10.8. The van der Waals surface area contributed by atoms with Gasteiger partial charge in [0.2, 0.25) is 0 Å². The van der Waals surface area contributed by atoms with E-state index < -0.39 is 11.6 Å². The molecule has 13 heavy (non-hydrogen) atoms. The summed E-state index contributed by atoms with van der Waals surface area (Å²) < 4.78 is 10.1. The highest BCUT2D eigenvalue weighted by Crippen LogP contribution is 2.15. The first kappa shape index (κ1) is 12.4. The zero-order valence-corrected chi connectivity index (χ0v) is 8.50. The van der Waals surface area contributed by atoms with Crippen molar-refractivity contribution in [2.75, 3.05) is 20.3 Å². The molecule has 0 radical (unpaired) electrons. The van der Waals surface area contributed by atoms with Gasteiger partial charge in [0.15, 0.2) is 5.60 Å². The van der Waals surface area contributed by atoms with Gasteiger partial charge >= 0.3 is 5.97 Å². The molecule has 1 unspecified atom stereocenters. The van der Waals surface area contributed by atoms with Crippen LogP contribution in [0.1, 0.15) is 26.7 Å². The van der Waals surface area contributed by atoms with Gasteiger partial charge in [0.25, 0.3) is 0 Å². The number of hydrogen-bond acceptors (Lipinski definition) is 3. The van der Waals surface area contributed by atoms with E-state index in [0.29, 0.717) is 19.6 Å². The molecule has 0 rings (SSSR count). The van der Waals surface area contributed by atoms with Crippen molar-refractivity contribution in [3.63, 3.8) is 0 Å². The summed E-state index contributed by atoms with van der Waals surface area (Å²) in [5.74, 6) is -0.910. The number of methoxy groups -OCH3 is 1. The van der Waals surface area contributed by atoms with Crippen LogP contribution in [-0.2, 0) is 14.3 Å². The zero-order valence-electron chi connectivity index (χ0n) is 8.50. The van der Waals surface area contributed by atoms with Gasteiger partial charge in [-0.1, -0.05) is 6.92 Å². The first-order valence-electron chi connectivity index (χ1n) is 4.43. The number of carboxylic acid groups (broad SMARTS) is 1. The minimum atomic E-state index is -1.05. The normalized spacial score (nSPS) is 15.3. The van der Waals surface area contributed by atoms with Gasteiger partial charge in [0.05, 0.1) is 6.61 Å². The van der Waals surface area contributed by atoms with Crippen LogP contribution in [0.25, 0.3) is 0 Å². The molecule has 1 atom stereocenters. The Morgan fingerprint density at radius 2 is 2.08 bits per heavy atom. The topological polar surface area (TPSA) is 55.8 Å². The summed E-state index contributed by atoms with van der Waals surface area (Å²) >= 11 is 0. The van der Waals surface area contributed by atoms with Crippen LogP contribution in [0, 0.1) is 0 Å². The Labute approximate surface area is 78.8 Å². The monoisotopic (exact) mass is 190 g/mol. The number of carbonyl (C=O) groups is 1. The van der Waals surface area contributed by atoms with Gasteiger partial charge in [-0.2, -0.15) is 0 Å². The van der Waals surface area contributed by atoms with Crippen LogP contribution in [0.5, 0.6) is 0 Å². The standard InChI is InChI=1S/C9H18O4/c1-4-9(2,8(10)11)13-7-5-6-12-3/h4-7H2,1-3H3,(H,10,11). The van der Waals surface area contributed by atoms with Crippen molar-refractivity contribution >= 4 is 5.97 Å². The third-order valence-corrected chi connectivity index (χ3v) is 2.04. The van der Waals surface area contributed by atoms with Gasteiger partial charge in [0.1, 0.15) is 0 Å². The van der Waals surface area contributed by atoms with Crippen molar-refractivity contribution in [2.24, 2.45) is 0 Å². The number of rotatable bonds is 7. The van der Waals surface area contributed by atoms with E-state index in [1.807, 2.05) is 0 Å². The predicted molar refractivity (Wildman–Crippen MR) is 48.8 cm³/mol. The molecule has 78 valence electrons. The van der Waals surface area contributed by atoms with Crippen molar-refractivity contribution in [3.05, 3.63) is 0 Å². The predicted octanol–water partition coefficient (Wildman–Crippen LogP) is 1.29. The van der Waals surface area contributed by atoms with Crippen LogP contribution in [0.4, 0.5) is 0 Å². The number of carboxylic acids is 1. The van der Waals surface area contributed by atoms with Gasteiger partial charge < -0.3 is 14.6 Å². The highest BCUT2D eigenvalue weighted by atomic mass is 16.5. The lowest BCUT2D eigenvalue weighted by Crippen LogP contribution is -2.38. The van der Waals surface area contributed by atoms with Crippen molar-refractivity contribution in [2.45, 2.75) is 32.3 Å². The van der Waals surface area contributed by atoms with Gasteiger partial charge in [-0.05, 0) is 19.8 Å². The summed E-state index contributed by atoms with van der Waals surface area (Å²) in [5, 5.41) is 8.83. The SMILES string of the molecule is CCC(C)(OCCCOC)C(=O)O. The third-order valence-electron chi connectivity index (χ3n) is 2.04. The molecule has 4 heteroatoms. The fourth-order valence-corrected chi connectivity index (χ4v) is 0.816. The highest BCUT2D eigenvalue weighted by Gasteiger charge is 2.31. The van der Waals surface area contributed by atoms with E-state index >= 15 is 0 Å². The molecule has 0 aromatic heterocycles. The molecule has 0 aliphatic rings. The molecule has 0 heterocycles. The summed E-state index contributed by atoms with van der Waals surface area (Å²) in [7, 11) is 1.61. The Morgan fingerprint density at radius 3 is 2.46 bits per heavy atom. The van der Waals surface area contributed by atoms with Crippen molar-refractivity contribution < 1.29 is 19.4 Å². The van der Waals surface area contributed by atoms with E-state index in [1.165, 1.54) is 0 Å². The number of aliphatic carboxylic acids is 1. The van der Waals surface area contributed by atoms with Crippen LogP contribution < -0.4 is 0 Å². The molecular weight excluding hydrogens is 172 g/mol. The first-order valence-corrected chi connectivity index (χ1v) is 4.43. The van der Waals surface area contributed by atoms with Crippen LogP contribution in [-0.4, -0.2) is 37.0 Å². The molecule has 0 aromatic carbocycles. The third kappa shape index (κ3) is 4.24. The summed E-state index contributed by atoms with van der Waals surface area (Å²) in [6.45, 7) is 4.40. The first-order chi connectivity index (χ1) is 6.06. The maximum atomic E-state index is 10.8. The summed E-state index contributed by atoms with van der Waals surface area (Å²) in [5.41, 5.74) is -1.05. The Hall–Kier alpha value is -0.610. The minimum absolute atomic E-state index is 0.421. The molecule has 1 N–H and O–H groups in total. The summed E-state index contributed by atoms with van der Waals surface area (Å²) in [6, 6.07) is 0. The van der Waals surface area contributed by atoms with E-state index in [4.69, 9.17) is 14.6 Å². The smallest absolute Gasteiger partial charge is 0.335 e. The molecule has 0 aromatic rings. The maximum Gasteiger partial charge on any atom is 0.335 e. The van der Waals surface area contributed by atoms with Crippen molar-refractivity contribution in [3.8, 4) is 0 Å². The Morgan fingerprint density at radius 1 is 1.46 bits per heavy atom. The quantitative estimate of drug-likeness (QED) is 0.615. The number of ether oxygens (including phenoxy) is 2. The van der Waals surface area contributed by atoms with E-state index in [2.05, 4.69) is 0 Å². The van der Waals surface area contributed by atoms with Crippen molar-refractivity contribution in [1.29, 1.82) is 0 Å². The molecule has 0 bridgehead atoms. The minimum Gasteiger partial charge on any atom is -0.479 e. The van der Waals surface area contributed by atoms with Gasteiger partial charge in [-0.25, -0.2) is 4.79 Å². The second-order valence-corrected chi connectivity index (χ2v) is 3.08. The van der Waals surface area contributed by atoms with Crippen LogP contribution >= 0.6 is 0 Å². The van der Waals surface area contributed by atoms with E-state index in [-0.39, 0.29) is 0 Å². The Balaban J connectivity index is 3.78. The van der Waals surface area contributed by atoms with Crippen LogP contribution in [0.15, 0.2) is 0 Å². The second-order valence-electron chi connectivity index (χ2n) is 3.08. The van der Waals surface area contributed by atoms with Crippen molar-refractivity contribution in [1.82, 2.24) is 0 Å². The molecule has 0 fully saturated rings. The van der Waals surface area contributed by atoms with Gasteiger partial charge in [-0.3, -0.25) is 0 Å². The molecule has 0 saturated heterocycles. The lowest BCUT2D eigenvalue weighted by molar-refractivity contribution is -0.164. The number of hydrogen-bond donors (Lipinski definition) is 1.